The monoisotopic (exact) mass is 270 g/mol. The molecule has 3 heteroatoms. The first-order valence-electron chi connectivity index (χ1n) is 7.65. The first kappa shape index (κ1) is 14.7. The number of piperidine rings is 1. The minimum atomic E-state index is 0.495. The van der Waals surface area contributed by atoms with Gasteiger partial charge in [-0.1, -0.05) is 20.8 Å². The van der Waals surface area contributed by atoms with Gasteiger partial charge >= 0.3 is 0 Å². The fourth-order valence-electron chi connectivity index (χ4n) is 3.09. The molecule has 1 N–H and O–H groups in total. The highest BCUT2D eigenvalue weighted by molar-refractivity contribution is 7.99. The molecule has 0 aromatic carbocycles. The lowest BCUT2D eigenvalue weighted by molar-refractivity contribution is 0.175. The van der Waals surface area contributed by atoms with Crippen LogP contribution in [0.3, 0.4) is 0 Å². The maximum atomic E-state index is 3.88. The van der Waals surface area contributed by atoms with Gasteiger partial charge in [0.1, 0.15) is 0 Å². The summed E-state index contributed by atoms with van der Waals surface area (Å²) < 4.78 is 0. The number of hydrogen-bond donors (Lipinski definition) is 1. The first-order chi connectivity index (χ1) is 8.62. The molecule has 0 spiro atoms. The Kier molecular flexibility index (Phi) is 5.40. The Morgan fingerprint density at radius 2 is 2.00 bits per heavy atom. The lowest BCUT2D eigenvalue weighted by atomic mass is 9.82. The second-order valence-electron chi connectivity index (χ2n) is 6.65. The van der Waals surface area contributed by atoms with E-state index in [1.807, 2.05) is 0 Å². The van der Waals surface area contributed by atoms with Crippen molar-refractivity contribution >= 4 is 11.8 Å². The number of likely N-dealkylation sites (tertiary alicyclic amines) is 1. The molecule has 0 aliphatic carbocycles. The largest absolute Gasteiger partial charge is 0.312 e. The van der Waals surface area contributed by atoms with Crippen molar-refractivity contribution in [3.63, 3.8) is 0 Å². The molecule has 0 amide bonds. The van der Waals surface area contributed by atoms with Gasteiger partial charge in [-0.05, 0) is 62.5 Å². The minimum Gasteiger partial charge on any atom is -0.312 e. The lowest BCUT2D eigenvalue weighted by Crippen LogP contribution is -2.49. The second kappa shape index (κ2) is 6.62. The molecule has 1 unspecified atom stereocenters. The van der Waals surface area contributed by atoms with E-state index in [1.165, 1.54) is 56.9 Å². The zero-order chi connectivity index (χ0) is 13.0. The van der Waals surface area contributed by atoms with Gasteiger partial charge in [0.2, 0.25) is 0 Å². The minimum absolute atomic E-state index is 0.495. The van der Waals surface area contributed by atoms with Crippen molar-refractivity contribution in [1.29, 1.82) is 0 Å². The highest BCUT2D eigenvalue weighted by atomic mass is 32.2. The van der Waals surface area contributed by atoms with Crippen molar-refractivity contribution in [2.75, 3.05) is 37.7 Å². The van der Waals surface area contributed by atoms with Crippen molar-refractivity contribution in [1.82, 2.24) is 10.2 Å². The van der Waals surface area contributed by atoms with E-state index >= 15 is 0 Å². The van der Waals surface area contributed by atoms with Crippen LogP contribution in [0.1, 0.15) is 40.0 Å². The maximum Gasteiger partial charge on any atom is 0.0209 e. The third-order valence-corrected chi connectivity index (χ3v) is 5.99. The second-order valence-corrected chi connectivity index (χ2v) is 7.80. The Balaban J connectivity index is 1.71. The third kappa shape index (κ3) is 3.88. The Morgan fingerprint density at radius 3 is 2.61 bits per heavy atom. The molecule has 0 radical (unpaired) electrons. The highest BCUT2D eigenvalue weighted by Gasteiger charge is 2.32. The average Bonchev–Trinajstić information content (AvgIpc) is 2.38. The van der Waals surface area contributed by atoms with Crippen LogP contribution in [0.2, 0.25) is 0 Å². The van der Waals surface area contributed by atoms with Crippen molar-refractivity contribution < 1.29 is 0 Å². The zero-order valence-electron chi connectivity index (χ0n) is 12.4. The summed E-state index contributed by atoms with van der Waals surface area (Å²) in [6.45, 7) is 12.2. The number of nitrogens with one attached hydrogen (secondary N) is 1. The quantitative estimate of drug-likeness (QED) is 0.846. The fourth-order valence-corrected chi connectivity index (χ4v) is 4.73. The lowest BCUT2D eigenvalue weighted by Gasteiger charge is -2.40. The average molecular weight is 270 g/mol. The van der Waals surface area contributed by atoms with E-state index in [0.29, 0.717) is 5.41 Å². The van der Waals surface area contributed by atoms with Gasteiger partial charge in [0.05, 0.1) is 0 Å². The molecule has 2 saturated heterocycles. The summed E-state index contributed by atoms with van der Waals surface area (Å²) in [7, 11) is 0. The van der Waals surface area contributed by atoms with Crippen LogP contribution in [0.15, 0.2) is 0 Å². The topological polar surface area (TPSA) is 15.3 Å². The SMILES string of the molecule is CCN1CCC(CNC2CSCCC2(C)C)CC1. The maximum absolute atomic E-state index is 3.88. The van der Waals surface area contributed by atoms with Gasteiger partial charge in [-0.2, -0.15) is 11.8 Å². The van der Waals surface area contributed by atoms with E-state index in [-0.39, 0.29) is 0 Å². The molecule has 2 rings (SSSR count). The van der Waals surface area contributed by atoms with Gasteiger partial charge in [0, 0.05) is 11.8 Å². The van der Waals surface area contributed by atoms with Crippen LogP contribution >= 0.6 is 11.8 Å². The van der Waals surface area contributed by atoms with Crippen molar-refractivity contribution in [2.45, 2.75) is 46.1 Å². The number of hydrogen-bond acceptors (Lipinski definition) is 3. The molecule has 1 atom stereocenters. The molecule has 2 aliphatic rings. The molecule has 0 saturated carbocycles. The van der Waals surface area contributed by atoms with Gasteiger partial charge in [-0.3, -0.25) is 0 Å². The highest BCUT2D eigenvalue weighted by Crippen LogP contribution is 2.34. The van der Waals surface area contributed by atoms with Gasteiger partial charge in [0.25, 0.3) is 0 Å². The van der Waals surface area contributed by atoms with Crippen LogP contribution < -0.4 is 5.32 Å². The van der Waals surface area contributed by atoms with Gasteiger partial charge in [0.15, 0.2) is 0 Å². The Bertz CT molecular complexity index is 247. The van der Waals surface area contributed by atoms with Crippen LogP contribution in [0.4, 0.5) is 0 Å². The summed E-state index contributed by atoms with van der Waals surface area (Å²) in [5.41, 5.74) is 0.495. The van der Waals surface area contributed by atoms with Crippen LogP contribution in [0.25, 0.3) is 0 Å². The Labute approximate surface area is 117 Å². The van der Waals surface area contributed by atoms with Crippen LogP contribution in [0, 0.1) is 11.3 Å². The van der Waals surface area contributed by atoms with Crippen molar-refractivity contribution in [3.8, 4) is 0 Å². The third-order valence-electron chi connectivity index (χ3n) is 4.93. The smallest absolute Gasteiger partial charge is 0.0209 e. The van der Waals surface area contributed by atoms with E-state index < -0.39 is 0 Å². The Morgan fingerprint density at radius 1 is 1.28 bits per heavy atom. The predicted molar refractivity (Wildman–Crippen MR) is 82.4 cm³/mol. The summed E-state index contributed by atoms with van der Waals surface area (Å²) in [5.74, 6) is 3.57. The molecule has 2 fully saturated rings. The molecule has 106 valence electrons. The van der Waals surface area contributed by atoms with Gasteiger partial charge in [-0.25, -0.2) is 0 Å². The van der Waals surface area contributed by atoms with Gasteiger partial charge < -0.3 is 10.2 Å². The number of thioether (sulfide) groups is 1. The molecule has 2 nitrogen and oxygen atoms in total. The molecular formula is C15H30N2S. The summed E-state index contributed by atoms with van der Waals surface area (Å²) in [5, 5.41) is 3.88. The first-order valence-corrected chi connectivity index (χ1v) is 8.81. The molecule has 0 bridgehead atoms. The summed E-state index contributed by atoms with van der Waals surface area (Å²) in [6, 6.07) is 0.723. The molecule has 2 heterocycles. The van der Waals surface area contributed by atoms with Crippen LogP contribution in [-0.2, 0) is 0 Å². The normalized spacial score (nSPS) is 30.5. The molecule has 0 aromatic heterocycles. The van der Waals surface area contributed by atoms with Crippen molar-refractivity contribution in [2.24, 2.45) is 11.3 Å². The van der Waals surface area contributed by atoms with Crippen LogP contribution in [-0.4, -0.2) is 48.6 Å². The van der Waals surface area contributed by atoms with E-state index in [0.717, 1.165) is 12.0 Å². The molecule has 2 aliphatic heterocycles. The number of nitrogens with zero attached hydrogens (tertiary/aromatic N) is 1. The number of rotatable bonds is 4. The van der Waals surface area contributed by atoms with E-state index in [4.69, 9.17) is 0 Å². The molecular weight excluding hydrogens is 240 g/mol. The Hall–Kier alpha value is 0.270. The van der Waals surface area contributed by atoms with Gasteiger partial charge in [-0.15, -0.1) is 0 Å². The van der Waals surface area contributed by atoms with Crippen LogP contribution in [0.5, 0.6) is 0 Å². The van der Waals surface area contributed by atoms with E-state index in [2.05, 4.69) is 42.7 Å². The van der Waals surface area contributed by atoms with E-state index in [9.17, 15) is 0 Å². The standard InChI is InChI=1S/C15H30N2S/c1-4-17-8-5-13(6-9-17)11-16-14-12-18-10-7-15(14,2)3/h13-14,16H,4-12H2,1-3H3. The summed E-state index contributed by atoms with van der Waals surface area (Å²) in [6.07, 6.45) is 4.14. The summed E-state index contributed by atoms with van der Waals surface area (Å²) in [4.78, 5) is 2.58. The van der Waals surface area contributed by atoms with Crippen molar-refractivity contribution in [3.05, 3.63) is 0 Å². The fraction of sp³-hybridized carbons (Fsp3) is 1.00. The predicted octanol–water partition coefficient (Wildman–Crippen LogP) is 2.84. The zero-order valence-corrected chi connectivity index (χ0v) is 13.2. The molecule has 0 aromatic rings. The van der Waals surface area contributed by atoms with E-state index in [1.54, 1.807) is 0 Å². The summed E-state index contributed by atoms with van der Waals surface area (Å²) >= 11 is 2.13. The molecule has 18 heavy (non-hydrogen) atoms.